The van der Waals surface area contributed by atoms with E-state index in [0.29, 0.717) is 31.5 Å². The van der Waals surface area contributed by atoms with Crippen molar-refractivity contribution in [2.24, 2.45) is 5.92 Å². The van der Waals surface area contributed by atoms with E-state index in [1.54, 1.807) is 0 Å². The Labute approximate surface area is 120 Å². The standard InChI is InChI=1S/C13H21N3O3S/c1-10-11(2)14-9-15-13(10)19-8-12-4-6-16(7-5-12)20(3,17)18/h9,12H,4-8H2,1-3H3. The molecule has 6 nitrogen and oxygen atoms in total. The molecule has 1 fully saturated rings. The summed E-state index contributed by atoms with van der Waals surface area (Å²) in [4.78, 5) is 8.24. The third kappa shape index (κ3) is 3.67. The Kier molecular flexibility index (Phi) is 4.59. The molecule has 1 aromatic rings. The van der Waals surface area contributed by atoms with Crippen molar-refractivity contribution in [3.05, 3.63) is 17.6 Å². The predicted molar refractivity (Wildman–Crippen MR) is 76.1 cm³/mol. The maximum atomic E-state index is 11.4. The van der Waals surface area contributed by atoms with Gasteiger partial charge in [-0.3, -0.25) is 0 Å². The Bertz CT molecular complexity index is 566. The molecule has 1 aliphatic rings. The molecule has 0 atom stereocenters. The van der Waals surface area contributed by atoms with Crippen LogP contribution in [0.3, 0.4) is 0 Å². The summed E-state index contributed by atoms with van der Waals surface area (Å²) in [7, 11) is -3.06. The average molecular weight is 299 g/mol. The zero-order valence-corrected chi connectivity index (χ0v) is 13.0. The highest BCUT2D eigenvalue weighted by Crippen LogP contribution is 2.21. The van der Waals surface area contributed by atoms with Crippen LogP contribution in [0.2, 0.25) is 0 Å². The minimum Gasteiger partial charge on any atom is -0.477 e. The number of ether oxygens (including phenoxy) is 1. The summed E-state index contributed by atoms with van der Waals surface area (Å²) in [6, 6.07) is 0. The van der Waals surface area contributed by atoms with Crippen molar-refractivity contribution in [1.29, 1.82) is 0 Å². The Hall–Kier alpha value is -1.21. The van der Waals surface area contributed by atoms with Crippen LogP contribution in [0.4, 0.5) is 0 Å². The first kappa shape index (κ1) is 15.2. The molecule has 0 radical (unpaired) electrons. The third-order valence-electron chi connectivity index (χ3n) is 3.79. The molecular formula is C13H21N3O3S. The van der Waals surface area contributed by atoms with E-state index in [9.17, 15) is 8.42 Å². The van der Waals surface area contributed by atoms with Crippen molar-refractivity contribution in [1.82, 2.24) is 14.3 Å². The van der Waals surface area contributed by atoms with Gasteiger partial charge < -0.3 is 4.74 Å². The first-order valence-electron chi connectivity index (χ1n) is 6.74. The molecule has 7 heteroatoms. The van der Waals surface area contributed by atoms with Gasteiger partial charge in [-0.05, 0) is 32.6 Å². The van der Waals surface area contributed by atoms with Crippen molar-refractivity contribution >= 4 is 10.0 Å². The number of aryl methyl sites for hydroxylation is 1. The van der Waals surface area contributed by atoms with Gasteiger partial charge in [0.25, 0.3) is 0 Å². The predicted octanol–water partition coefficient (Wildman–Crippen LogP) is 1.14. The second-order valence-electron chi connectivity index (χ2n) is 5.31. The highest BCUT2D eigenvalue weighted by Gasteiger charge is 2.25. The first-order chi connectivity index (χ1) is 9.38. The third-order valence-corrected chi connectivity index (χ3v) is 5.09. The molecule has 0 bridgehead atoms. The highest BCUT2D eigenvalue weighted by molar-refractivity contribution is 7.88. The molecule has 1 aromatic heterocycles. The van der Waals surface area contributed by atoms with Gasteiger partial charge in [-0.1, -0.05) is 0 Å². The molecule has 0 N–H and O–H groups in total. The maximum Gasteiger partial charge on any atom is 0.219 e. The Morgan fingerprint density at radius 3 is 2.55 bits per heavy atom. The van der Waals surface area contributed by atoms with E-state index in [2.05, 4.69) is 9.97 Å². The molecule has 0 aromatic carbocycles. The van der Waals surface area contributed by atoms with Crippen molar-refractivity contribution in [2.75, 3.05) is 26.0 Å². The lowest BCUT2D eigenvalue weighted by atomic mass is 9.99. The Morgan fingerprint density at radius 2 is 1.95 bits per heavy atom. The van der Waals surface area contributed by atoms with Crippen LogP contribution in [0, 0.1) is 19.8 Å². The van der Waals surface area contributed by atoms with E-state index < -0.39 is 10.0 Å². The van der Waals surface area contributed by atoms with Crippen LogP contribution in [0.1, 0.15) is 24.1 Å². The van der Waals surface area contributed by atoms with Crippen LogP contribution in [-0.4, -0.2) is 48.6 Å². The monoisotopic (exact) mass is 299 g/mol. The number of sulfonamides is 1. The zero-order valence-electron chi connectivity index (χ0n) is 12.2. The van der Waals surface area contributed by atoms with Crippen molar-refractivity contribution < 1.29 is 13.2 Å². The lowest BCUT2D eigenvalue weighted by molar-refractivity contribution is 0.180. The normalized spacial score (nSPS) is 18.1. The molecule has 1 aliphatic heterocycles. The summed E-state index contributed by atoms with van der Waals surface area (Å²) in [6.45, 7) is 5.60. The van der Waals surface area contributed by atoms with Crippen LogP contribution in [0.5, 0.6) is 5.88 Å². The lowest BCUT2D eigenvalue weighted by Gasteiger charge is -2.30. The summed E-state index contributed by atoms with van der Waals surface area (Å²) in [5, 5.41) is 0. The lowest BCUT2D eigenvalue weighted by Crippen LogP contribution is -2.39. The molecule has 112 valence electrons. The minimum atomic E-state index is -3.06. The summed E-state index contributed by atoms with van der Waals surface area (Å²) >= 11 is 0. The van der Waals surface area contributed by atoms with Crippen LogP contribution in [0.25, 0.3) is 0 Å². The number of hydrogen-bond donors (Lipinski definition) is 0. The van der Waals surface area contributed by atoms with E-state index in [0.717, 1.165) is 24.1 Å². The second kappa shape index (κ2) is 6.05. The molecule has 0 unspecified atom stereocenters. The summed E-state index contributed by atoms with van der Waals surface area (Å²) in [5.41, 5.74) is 1.88. The van der Waals surface area contributed by atoms with Gasteiger partial charge in [0.15, 0.2) is 0 Å². The summed E-state index contributed by atoms with van der Waals surface area (Å²) in [6.07, 6.45) is 4.42. The fourth-order valence-electron chi connectivity index (χ4n) is 2.27. The van der Waals surface area contributed by atoms with E-state index in [1.165, 1.54) is 16.9 Å². The van der Waals surface area contributed by atoms with E-state index in [4.69, 9.17) is 4.74 Å². The number of hydrogen-bond acceptors (Lipinski definition) is 5. The quantitative estimate of drug-likeness (QED) is 0.834. The minimum absolute atomic E-state index is 0.377. The largest absolute Gasteiger partial charge is 0.477 e. The number of piperidine rings is 1. The highest BCUT2D eigenvalue weighted by atomic mass is 32.2. The summed E-state index contributed by atoms with van der Waals surface area (Å²) < 4.78 is 30.2. The topological polar surface area (TPSA) is 72.4 Å². The molecule has 2 rings (SSSR count). The number of nitrogens with zero attached hydrogens (tertiary/aromatic N) is 3. The zero-order chi connectivity index (χ0) is 14.8. The van der Waals surface area contributed by atoms with Gasteiger partial charge in [0.1, 0.15) is 6.33 Å². The van der Waals surface area contributed by atoms with Crippen LogP contribution in [-0.2, 0) is 10.0 Å². The molecular weight excluding hydrogens is 278 g/mol. The van der Waals surface area contributed by atoms with Crippen LogP contribution in [0.15, 0.2) is 6.33 Å². The second-order valence-corrected chi connectivity index (χ2v) is 7.29. The average Bonchev–Trinajstić information content (AvgIpc) is 2.40. The van der Waals surface area contributed by atoms with Gasteiger partial charge in [0.05, 0.1) is 12.9 Å². The van der Waals surface area contributed by atoms with Crippen molar-refractivity contribution in [2.45, 2.75) is 26.7 Å². The Balaban J connectivity index is 1.86. The maximum absolute atomic E-state index is 11.4. The molecule has 1 saturated heterocycles. The smallest absolute Gasteiger partial charge is 0.219 e. The SMILES string of the molecule is Cc1ncnc(OCC2CCN(S(C)(=O)=O)CC2)c1C. The molecule has 0 aliphatic carbocycles. The number of rotatable bonds is 4. The number of aromatic nitrogens is 2. The molecule has 20 heavy (non-hydrogen) atoms. The van der Waals surface area contributed by atoms with Crippen LogP contribution >= 0.6 is 0 Å². The van der Waals surface area contributed by atoms with E-state index >= 15 is 0 Å². The van der Waals surface area contributed by atoms with Gasteiger partial charge in [0.2, 0.25) is 15.9 Å². The van der Waals surface area contributed by atoms with Crippen molar-refractivity contribution in [3.8, 4) is 5.88 Å². The van der Waals surface area contributed by atoms with E-state index in [-0.39, 0.29) is 0 Å². The van der Waals surface area contributed by atoms with Gasteiger partial charge in [-0.2, -0.15) is 0 Å². The molecule has 0 amide bonds. The fraction of sp³-hybridized carbons (Fsp3) is 0.692. The van der Waals surface area contributed by atoms with Gasteiger partial charge in [0, 0.05) is 24.3 Å². The molecule has 0 saturated carbocycles. The van der Waals surface area contributed by atoms with E-state index in [1.807, 2.05) is 13.8 Å². The van der Waals surface area contributed by atoms with Gasteiger partial charge >= 0.3 is 0 Å². The fourth-order valence-corrected chi connectivity index (χ4v) is 3.14. The van der Waals surface area contributed by atoms with Crippen LogP contribution < -0.4 is 4.74 Å². The summed E-state index contributed by atoms with van der Waals surface area (Å²) in [5.74, 6) is 1.01. The molecule has 0 spiro atoms. The first-order valence-corrected chi connectivity index (χ1v) is 8.59. The Morgan fingerprint density at radius 1 is 1.30 bits per heavy atom. The van der Waals surface area contributed by atoms with Gasteiger partial charge in [-0.25, -0.2) is 22.7 Å². The van der Waals surface area contributed by atoms with Gasteiger partial charge in [-0.15, -0.1) is 0 Å². The van der Waals surface area contributed by atoms with Crippen molar-refractivity contribution in [3.63, 3.8) is 0 Å². The molecule has 2 heterocycles.